The molecule has 0 aromatic heterocycles. The summed E-state index contributed by atoms with van der Waals surface area (Å²) >= 11 is 7.66. The van der Waals surface area contributed by atoms with E-state index in [0.717, 1.165) is 16.3 Å². The molecule has 0 aliphatic heterocycles. The Morgan fingerprint density at radius 3 is 2.43 bits per heavy atom. The van der Waals surface area contributed by atoms with Crippen LogP contribution in [0.3, 0.4) is 0 Å². The predicted molar refractivity (Wildman–Crippen MR) is 150 cm³/mol. The van der Waals surface area contributed by atoms with Gasteiger partial charge >= 0.3 is 0 Å². The number of aryl methyl sites for hydroxylation is 1. The molecule has 4 rings (SSSR count). The van der Waals surface area contributed by atoms with Crippen molar-refractivity contribution in [2.24, 2.45) is 15.3 Å². The average molecular weight is 575 g/mol. The van der Waals surface area contributed by atoms with Gasteiger partial charge in [0.1, 0.15) is 4.90 Å². The van der Waals surface area contributed by atoms with Crippen LogP contribution in [0.5, 0.6) is 0 Å². The van der Waals surface area contributed by atoms with E-state index in [0.29, 0.717) is 21.2 Å². The summed E-state index contributed by atoms with van der Waals surface area (Å²) in [5.74, 6) is 0.0605. The molecule has 0 spiro atoms. The summed E-state index contributed by atoms with van der Waals surface area (Å²) in [5, 5.41) is 10.3. The highest BCUT2D eigenvalue weighted by Gasteiger charge is 2.21. The molecule has 192 valence electrons. The molecule has 0 amide bonds. The fourth-order valence-electron chi connectivity index (χ4n) is 3.63. The number of hydrogen-bond acceptors (Lipinski definition) is 5. The van der Waals surface area contributed by atoms with Crippen molar-refractivity contribution in [2.45, 2.75) is 27.4 Å². The van der Waals surface area contributed by atoms with Crippen LogP contribution in [0.25, 0.3) is 10.8 Å². The first-order valence-corrected chi connectivity index (χ1v) is 15.2. The SMILES string of the molecule is Cc1cc(S(=O)(=O)N=C(N)Nc2cccc(S(N)(=O)=O)c2)c(SCc2cccc3ccccc23)cc1Cl. The predicted octanol–water partition coefficient (Wildman–Crippen LogP) is 4.86. The number of anilines is 1. The van der Waals surface area contributed by atoms with E-state index in [9.17, 15) is 16.8 Å². The van der Waals surface area contributed by atoms with Crippen LogP contribution in [0.1, 0.15) is 11.1 Å². The van der Waals surface area contributed by atoms with Gasteiger partial charge in [-0.1, -0.05) is 60.1 Å². The second-order valence-electron chi connectivity index (χ2n) is 8.12. The Bertz CT molecular complexity index is 1740. The summed E-state index contributed by atoms with van der Waals surface area (Å²) in [6.07, 6.45) is 0. The lowest BCUT2D eigenvalue weighted by atomic mass is 10.1. The van der Waals surface area contributed by atoms with Gasteiger partial charge in [-0.25, -0.2) is 13.6 Å². The van der Waals surface area contributed by atoms with Gasteiger partial charge < -0.3 is 11.1 Å². The number of nitrogens with two attached hydrogens (primary N) is 2. The maximum atomic E-state index is 13.3. The molecule has 5 N–H and O–H groups in total. The molecule has 0 fully saturated rings. The molecule has 0 aliphatic rings. The lowest BCUT2D eigenvalue weighted by Gasteiger charge is -2.12. The molecule has 0 bridgehead atoms. The van der Waals surface area contributed by atoms with Crippen molar-refractivity contribution >= 4 is 65.8 Å². The number of nitrogens with zero attached hydrogens (tertiary/aromatic N) is 1. The fourth-order valence-corrected chi connectivity index (χ4v) is 6.91. The number of halogens is 1. The molecule has 8 nitrogen and oxygen atoms in total. The molecule has 0 aliphatic carbocycles. The molecule has 12 heteroatoms. The Morgan fingerprint density at radius 1 is 0.973 bits per heavy atom. The lowest BCUT2D eigenvalue weighted by molar-refractivity contribution is 0.594. The zero-order chi connectivity index (χ0) is 26.8. The van der Waals surface area contributed by atoms with Crippen LogP contribution in [-0.2, 0) is 25.8 Å². The lowest BCUT2D eigenvalue weighted by Crippen LogP contribution is -2.24. The summed E-state index contributed by atoms with van der Waals surface area (Å²) in [6, 6.07) is 22.5. The van der Waals surface area contributed by atoms with Gasteiger partial charge in [0.05, 0.1) is 4.90 Å². The minimum atomic E-state index is -4.26. The van der Waals surface area contributed by atoms with E-state index in [1.165, 1.54) is 42.1 Å². The number of nitrogens with one attached hydrogen (secondary N) is 1. The average Bonchev–Trinajstić information content (AvgIpc) is 2.83. The molecular weight excluding hydrogens is 552 g/mol. The van der Waals surface area contributed by atoms with Crippen molar-refractivity contribution in [3.05, 3.63) is 95.0 Å². The molecule has 0 saturated carbocycles. The summed E-state index contributed by atoms with van der Waals surface area (Å²) in [5.41, 5.74) is 7.70. The second-order valence-corrected chi connectivity index (χ2v) is 12.7. The molecule has 0 unspecified atom stereocenters. The Kier molecular flexibility index (Phi) is 7.81. The van der Waals surface area contributed by atoms with Crippen molar-refractivity contribution < 1.29 is 16.8 Å². The highest BCUT2D eigenvalue weighted by Crippen LogP contribution is 2.35. The van der Waals surface area contributed by atoms with Gasteiger partial charge in [-0.2, -0.15) is 8.42 Å². The first-order chi connectivity index (χ1) is 17.4. The van der Waals surface area contributed by atoms with Crippen molar-refractivity contribution in [1.29, 1.82) is 0 Å². The highest BCUT2D eigenvalue weighted by atomic mass is 35.5. The fraction of sp³-hybridized carbons (Fsp3) is 0.0800. The number of benzene rings is 4. The number of primary sulfonamides is 1. The van der Waals surface area contributed by atoms with E-state index in [1.807, 2.05) is 42.5 Å². The van der Waals surface area contributed by atoms with Crippen molar-refractivity contribution in [3.8, 4) is 0 Å². The first kappa shape index (κ1) is 27.0. The van der Waals surface area contributed by atoms with Crippen LogP contribution in [0.15, 0.2) is 97.9 Å². The zero-order valence-electron chi connectivity index (χ0n) is 19.6. The van der Waals surface area contributed by atoms with Gasteiger partial charge in [0.25, 0.3) is 10.0 Å². The summed E-state index contributed by atoms with van der Waals surface area (Å²) in [4.78, 5) is 0.229. The number of hydrogen-bond donors (Lipinski definition) is 3. The van der Waals surface area contributed by atoms with E-state index in [2.05, 4.69) is 9.71 Å². The molecule has 4 aromatic carbocycles. The van der Waals surface area contributed by atoms with Gasteiger partial charge in [-0.05, 0) is 59.2 Å². The number of rotatable bonds is 7. The first-order valence-electron chi connectivity index (χ1n) is 10.8. The Balaban J connectivity index is 1.65. The molecule has 4 aromatic rings. The topological polar surface area (TPSA) is 145 Å². The van der Waals surface area contributed by atoms with Crippen LogP contribution in [0, 0.1) is 6.92 Å². The minimum Gasteiger partial charge on any atom is -0.369 e. The van der Waals surface area contributed by atoms with Gasteiger partial charge in [0.15, 0.2) is 0 Å². The number of guanidine groups is 1. The second kappa shape index (κ2) is 10.7. The van der Waals surface area contributed by atoms with Crippen LogP contribution >= 0.6 is 23.4 Å². The number of thioether (sulfide) groups is 1. The monoisotopic (exact) mass is 574 g/mol. The van der Waals surface area contributed by atoms with E-state index in [-0.39, 0.29) is 15.5 Å². The van der Waals surface area contributed by atoms with Crippen molar-refractivity contribution in [3.63, 3.8) is 0 Å². The van der Waals surface area contributed by atoms with Crippen LogP contribution in [0.2, 0.25) is 5.02 Å². The van der Waals surface area contributed by atoms with Gasteiger partial charge in [0, 0.05) is 21.4 Å². The van der Waals surface area contributed by atoms with Crippen LogP contribution in [-0.4, -0.2) is 22.8 Å². The number of fused-ring (bicyclic) bond motifs is 1. The third kappa shape index (κ3) is 6.43. The van der Waals surface area contributed by atoms with Crippen LogP contribution in [0.4, 0.5) is 5.69 Å². The Labute approximate surface area is 224 Å². The van der Waals surface area contributed by atoms with E-state index in [1.54, 1.807) is 13.0 Å². The molecule has 0 atom stereocenters. The van der Waals surface area contributed by atoms with E-state index in [4.69, 9.17) is 22.5 Å². The largest absolute Gasteiger partial charge is 0.369 e. The van der Waals surface area contributed by atoms with E-state index >= 15 is 0 Å². The maximum Gasteiger partial charge on any atom is 0.286 e. The molecule has 0 radical (unpaired) electrons. The molecular formula is C25H23ClN4O4S3. The summed E-state index contributed by atoms with van der Waals surface area (Å²) in [6.45, 7) is 1.70. The Morgan fingerprint density at radius 2 is 1.68 bits per heavy atom. The molecule has 0 heterocycles. The van der Waals surface area contributed by atoms with Gasteiger partial charge in [-0.3, -0.25) is 0 Å². The third-order valence-corrected chi connectivity index (χ3v) is 9.30. The van der Waals surface area contributed by atoms with E-state index < -0.39 is 26.0 Å². The summed E-state index contributed by atoms with van der Waals surface area (Å²) < 4.78 is 53.5. The standard InChI is InChI=1S/C25H23ClN4O4S3/c1-16-12-24(37(33,34)30-25(27)29-19-9-5-10-20(13-19)36(28,31)32)23(14-22(16)26)35-15-18-8-4-7-17-6-2-3-11-21(17)18/h2-14H,15H2,1H3,(H3,27,29,30)(H2,28,31,32). The molecule has 37 heavy (non-hydrogen) atoms. The highest BCUT2D eigenvalue weighted by molar-refractivity contribution is 7.99. The molecule has 0 saturated heterocycles. The van der Waals surface area contributed by atoms with Crippen molar-refractivity contribution in [2.75, 3.05) is 5.32 Å². The smallest absolute Gasteiger partial charge is 0.286 e. The quantitative estimate of drug-likeness (QED) is 0.162. The normalized spacial score (nSPS) is 12.6. The van der Waals surface area contributed by atoms with Gasteiger partial charge in [-0.15, -0.1) is 16.2 Å². The minimum absolute atomic E-state index is 0.0392. The van der Waals surface area contributed by atoms with Crippen LogP contribution < -0.4 is 16.2 Å². The maximum absolute atomic E-state index is 13.3. The van der Waals surface area contributed by atoms with Gasteiger partial charge in [0.2, 0.25) is 16.0 Å². The third-order valence-electron chi connectivity index (χ3n) is 5.42. The number of sulfonamides is 2. The Hall–Kier alpha value is -3.09. The summed E-state index contributed by atoms with van der Waals surface area (Å²) in [7, 11) is -8.21. The van der Waals surface area contributed by atoms with Crippen molar-refractivity contribution in [1.82, 2.24) is 0 Å². The zero-order valence-corrected chi connectivity index (χ0v) is 22.8.